The van der Waals surface area contributed by atoms with E-state index in [1.807, 2.05) is 36.4 Å². The monoisotopic (exact) mass is 298 g/mol. The summed E-state index contributed by atoms with van der Waals surface area (Å²) in [4.78, 5) is 23.7. The molecule has 1 saturated carbocycles. The average molecular weight is 298 g/mol. The smallest absolute Gasteiger partial charge is 0.318 e. The van der Waals surface area contributed by atoms with Crippen LogP contribution in [0.2, 0.25) is 0 Å². The number of ether oxygens (including phenoxy) is 2. The summed E-state index contributed by atoms with van der Waals surface area (Å²) in [6, 6.07) is 7.67. The first-order chi connectivity index (χ1) is 10.6. The summed E-state index contributed by atoms with van der Waals surface area (Å²) in [5.41, 5.74) is 1.03. The van der Waals surface area contributed by atoms with E-state index in [2.05, 4.69) is 6.58 Å². The molecular formula is C18H18O4. The minimum atomic E-state index is -0.403. The molecule has 1 saturated heterocycles. The van der Waals surface area contributed by atoms with Crippen molar-refractivity contribution >= 4 is 18.0 Å². The zero-order valence-corrected chi connectivity index (χ0v) is 12.4. The molecular weight excluding hydrogens is 280 g/mol. The second kappa shape index (κ2) is 5.79. The van der Waals surface area contributed by atoms with Gasteiger partial charge in [0, 0.05) is 0 Å². The van der Waals surface area contributed by atoms with Crippen molar-refractivity contribution in [1.82, 2.24) is 0 Å². The number of hydrogen-bond donors (Lipinski definition) is 0. The lowest BCUT2D eigenvalue weighted by Crippen LogP contribution is -2.19. The highest BCUT2D eigenvalue weighted by atomic mass is 16.6. The van der Waals surface area contributed by atoms with Crippen LogP contribution in [0.4, 0.5) is 0 Å². The number of benzene rings is 1. The lowest BCUT2D eigenvalue weighted by molar-refractivity contribution is -0.154. The van der Waals surface area contributed by atoms with Gasteiger partial charge in [0.2, 0.25) is 0 Å². The van der Waals surface area contributed by atoms with Crippen molar-refractivity contribution in [1.29, 1.82) is 0 Å². The van der Waals surface area contributed by atoms with Crippen molar-refractivity contribution in [2.75, 3.05) is 7.11 Å². The van der Waals surface area contributed by atoms with E-state index in [9.17, 15) is 9.59 Å². The van der Waals surface area contributed by atoms with E-state index in [0.29, 0.717) is 0 Å². The van der Waals surface area contributed by atoms with Gasteiger partial charge >= 0.3 is 11.9 Å². The van der Waals surface area contributed by atoms with Crippen molar-refractivity contribution < 1.29 is 19.1 Å². The van der Waals surface area contributed by atoms with Crippen molar-refractivity contribution in [3.63, 3.8) is 0 Å². The Bertz CT molecular complexity index is 629. The molecule has 0 radical (unpaired) electrons. The third kappa shape index (κ3) is 2.45. The van der Waals surface area contributed by atoms with Crippen molar-refractivity contribution in [2.24, 2.45) is 23.7 Å². The molecule has 1 aromatic carbocycles. The molecule has 0 amide bonds. The summed E-state index contributed by atoms with van der Waals surface area (Å²) in [6.45, 7) is 3.78. The Balaban J connectivity index is 1.79. The van der Waals surface area contributed by atoms with Gasteiger partial charge < -0.3 is 9.47 Å². The topological polar surface area (TPSA) is 52.6 Å². The summed E-state index contributed by atoms with van der Waals surface area (Å²) >= 11 is 0. The largest absolute Gasteiger partial charge is 0.497 e. The van der Waals surface area contributed by atoms with E-state index in [-0.39, 0.29) is 23.7 Å². The zero-order chi connectivity index (χ0) is 15.7. The summed E-state index contributed by atoms with van der Waals surface area (Å²) in [7, 11) is 1.63. The normalized spacial score (nSPS) is 30.4. The number of fused-ring (bicyclic) bond motifs is 1. The Morgan fingerprint density at radius 2 is 1.77 bits per heavy atom. The summed E-state index contributed by atoms with van der Waals surface area (Å²) in [5, 5.41) is 0. The lowest BCUT2D eigenvalue weighted by Gasteiger charge is -2.09. The molecule has 2 fully saturated rings. The fraction of sp³-hybridized carbons (Fsp3) is 0.333. The highest BCUT2D eigenvalue weighted by molar-refractivity contribution is 5.97. The predicted molar refractivity (Wildman–Crippen MR) is 81.9 cm³/mol. The van der Waals surface area contributed by atoms with E-state index in [4.69, 9.17) is 9.47 Å². The molecule has 2 aliphatic rings. The number of carbonyl (C=O) groups is 2. The molecule has 0 N–H and O–H groups in total. The molecule has 1 aliphatic heterocycles. The molecule has 1 aromatic rings. The van der Waals surface area contributed by atoms with Crippen LogP contribution in [0.3, 0.4) is 0 Å². The highest BCUT2D eigenvalue weighted by Gasteiger charge is 2.55. The number of hydrogen-bond acceptors (Lipinski definition) is 4. The fourth-order valence-corrected chi connectivity index (χ4v) is 3.41. The summed E-state index contributed by atoms with van der Waals surface area (Å²) < 4.78 is 9.92. The van der Waals surface area contributed by atoms with Gasteiger partial charge in [0.15, 0.2) is 0 Å². The second-order valence-corrected chi connectivity index (χ2v) is 5.72. The zero-order valence-electron chi connectivity index (χ0n) is 12.4. The highest BCUT2D eigenvalue weighted by Crippen LogP contribution is 2.47. The van der Waals surface area contributed by atoms with Gasteiger partial charge in [-0.1, -0.05) is 30.4 Å². The maximum Gasteiger partial charge on any atom is 0.318 e. The Kier molecular flexibility index (Phi) is 3.84. The molecule has 0 spiro atoms. The molecule has 4 atom stereocenters. The van der Waals surface area contributed by atoms with E-state index >= 15 is 0 Å². The van der Waals surface area contributed by atoms with Crippen LogP contribution in [0, 0.1) is 23.7 Å². The standard InChI is InChI=1S/C18H18O4/c1-3-12-10-13(16-15(12)17(19)22-18(16)20)7-4-11-5-8-14(21-2)9-6-11/h3-9,12-13,15-16H,1,10H2,2H3/b7-4+/t12?,13-,15?,16-/m0/s1. The third-order valence-electron chi connectivity index (χ3n) is 4.55. The van der Waals surface area contributed by atoms with Gasteiger partial charge in [-0.15, -0.1) is 6.58 Å². The average Bonchev–Trinajstić information content (AvgIpc) is 3.05. The van der Waals surface area contributed by atoms with Crippen LogP contribution in [-0.4, -0.2) is 19.0 Å². The first kappa shape index (κ1) is 14.6. The molecule has 2 unspecified atom stereocenters. The molecule has 3 rings (SSSR count). The number of cyclic esters (lactones) is 2. The number of esters is 2. The van der Waals surface area contributed by atoms with Crippen LogP contribution in [-0.2, 0) is 14.3 Å². The maximum atomic E-state index is 11.9. The van der Waals surface area contributed by atoms with Crippen LogP contribution in [0.15, 0.2) is 43.0 Å². The Morgan fingerprint density at radius 1 is 1.14 bits per heavy atom. The van der Waals surface area contributed by atoms with E-state index in [1.165, 1.54) is 0 Å². The third-order valence-corrected chi connectivity index (χ3v) is 4.55. The van der Waals surface area contributed by atoms with Crippen molar-refractivity contribution in [2.45, 2.75) is 6.42 Å². The van der Waals surface area contributed by atoms with E-state index < -0.39 is 11.9 Å². The van der Waals surface area contributed by atoms with Crippen LogP contribution < -0.4 is 4.74 Å². The van der Waals surface area contributed by atoms with Crippen LogP contribution in [0.1, 0.15) is 12.0 Å². The molecule has 0 bridgehead atoms. The van der Waals surface area contributed by atoms with Gasteiger partial charge in [0.1, 0.15) is 5.75 Å². The number of allylic oxidation sites excluding steroid dienone is 2. The molecule has 4 heteroatoms. The van der Waals surface area contributed by atoms with E-state index in [1.54, 1.807) is 13.2 Å². The SMILES string of the molecule is C=CC1C[C@H](/C=C/c2ccc(OC)cc2)[C@@H]2C(=O)OC(=O)C12. The van der Waals surface area contributed by atoms with Gasteiger partial charge in [-0.2, -0.15) is 0 Å². The second-order valence-electron chi connectivity index (χ2n) is 5.72. The predicted octanol–water partition coefficient (Wildman–Crippen LogP) is 2.85. The molecule has 0 aromatic heterocycles. The molecule has 114 valence electrons. The van der Waals surface area contributed by atoms with Gasteiger partial charge in [-0.3, -0.25) is 9.59 Å². The maximum absolute atomic E-state index is 11.9. The number of rotatable bonds is 4. The summed E-state index contributed by atoms with van der Waals surface area (Å²) in [6.07, 6.45) is 6.50. The van der Waals surface area contributed by atoms with Crippen LogP contribution >= 0.6 is 0 Å². The molecule has 1 heterocycles. The number of carbonyl (C=O) groups excluding carboxylic acids is 2. The van der Waals surface area contributed by atoms with Gasteiger partial charge in [0.25, 0.3) is 0 Å². The van der Waals surface area contributed by atoms with Gasteiger partial charge in [-0.25, -0.2) is 0 Å². The van der Waals surface area contributed by atoms with Crippen molar-refractivity contribution in [3.8, 4) is 5.75 Å². The molecule has 22 heavy (non-hydrogen) atoms. The first-order valence-corrected chi connectivity index (χ1v) is 7.34. The molecule has 1 aliphatic carbocycles. The van der Waals surface area contributed by atoms with Crippen LogP contribution in [0.5, 0.6) is 5.75 Å². The fourth-order valence-electron chi connectivity index (χ4n) is 3.41. The lowest BCUT2D eigenvalue weighted by atomic mass is 9.89. The Labute approximate surface area is 129 Å². The quantitative estimate of drug-likeness (QED) is 0.487. The minimum Gasteiger partial charge on any atom is -0.497 e. The van der Waals surface area contributed by atoms with Crippen LogP contribution in [0.25, 0.3) is 6.08 Å². The first-order valence-electron chi connectivity index (χ1n) is 7.34. The van der Waals surface area contributed by atoms with Gasteiger partial charge in [0.05, 0.1) is 18.9 Å². The van der Waals surface area contributed by atoms with E-state index in [0.717, 1.165) is 17.7 Å². The minimum absolute atomic E-state index is 0.00838. The Morgan fingerprint density at radius 3 is 2.36 bits per heavy atom. The summed E-state index contributed by atoms with van der Waals surface area (Å²) in [5.74, 6) is -0.720. The number of methoxy groups -OCH3 is 1. The molecule has 4 nitrogen and oxygen atoms in total. The Hall–Kier alpha value is -2.36. The van der Waals surface area contributed by atoms with Gasteiger partial charge in [-0.05, 0) is 36.0 Å². The van der Waals surface area contributed by atoms with Crippen molar-refractivity contribution in [3.05, 3.63) is 48.6 Å².